The Kier molecular flexibility index (Phi) is 4.50. The molecule has 0 aliphatic carbocycles. The normalized spacial score (nSPS) is 25.9. The highest BCUT2D eigenvalue weighted by atomic mass is 16.8. The number of benzene rings is 2. The van der Waals surface area contributed by atoms with Crippen LogP contribution in [0.15, 0.2) is 60.7 Å². The van der Waals surface area contributed by atoms with Crippen LogP contribution < -0.4 is 0 Å². The lowest BCUT2D eigenvalue weighted by molar-refractivity contribution is -0.161. The molecule has 1 saturated heterocycles. The van der Waals surface area contributed by atoms with Gasteiger partial charge in [0.05, 0.1) is 0 Å². The molecule has 2 aromatic rings. The topological polar surface area (TPSA) is 58.9 Å². The van der Waals surface area contributed by atoms with Gasteiger partial charge in [-0.05, 0) is 25.0 Å². The first-order valence-electron chi connectivity index (χ1n) is 7.79. The Hall–Kier alpha value is -1.72. The molecular weight excluding hydrogens is 292 g/mol. The fraction of sp³-hybridized carbons (Fsp3) is 0.368. The fourth-order valence-electron chi connectivity index (χ4n) is 2.99. The SMILES string of the molecule is CC1(C)OC([C@H](O)c2ccccc2)[C@H]([C@H](O)c2ccccc2)O1. The highest BCUT2D eigenvalue weighted by molar-refractivity contribution is 5.22. The molecule has 0 radical (unpaired) electrons. The van der Waals surface area contributed by atoms with Gasteiger partial charge in [-0.2, -0.15) is 0 Å². The van der Waals surface area contributed by atoms with Crippen molar-refractivity contribution in [3.05, 3.63) is 71.8 Å². The number of hydrogen-bond donors (Lipinski definition) is 2. The van der Waals surface area contributed by atoms with Gasteiger partial charge >= 0.3 is 0 Å². The molecule has 122 valence electrons. The zero-order chi connectivity index (χ0) is 16.4. The molecular formula is C19H22O4. The van der Waals surface area contributed by atoms with E-state index >= 15 is 0 Å². The van der Waals surface area contributed by atoms with E-state index in [0.29, 0.717) is 0 Å². The quantitative estimate of drug-likeness (QED) is 0.911. The molecule has 2 aromatic carbocycles. The molecule has 1 aliphatic heterocycles. The summed E-state index contributed by atoms with van der Waals surface area (Å²) >= 11 is 0. The average molecular weight is 314 g/mol. The number of ether oxygens (including phenoxy) is 2. The van der Waals surface area contributed by atoms with Crippen LogP contribution in [0.5, 0.6) is 0 Å². The van der Waals surface area contributed by atoms with Crippen LogP contribution in [0.25, 0.3) is 0 Å². The molecule has 4 atom stereocenters. The summed E-state index contributed by atoms with van der Waals surface area (Å²) < 4.78 is 11.8. The molecule has 1 fully saturated rings. The summed E-state index contributed by atoms with van der Waals surface area (Å²) in [6, 6.07) is 18.6. The lowest BCUT2D eigenvalue weighted by Crippen LogP contribution is -2.34. The minimum atomic E-state index is -0.874. The van der Waals surface area contributed by atoms with Crippen molar-refractivity contribution in [2.75, 3.05) is 0 Å². The van der Waals surface area contributed by atoms with Gasteiger partial charge in [-0.1, -0.05) is 60.7 Å². The zero-order valence-electron chi connectivity index (χ0n) is 13.3. The van der Waals surface area contributed by atoms with Crippen LogP contribution >= 0.6 is 0 Å². The van der Waals surface area contributed by atoms with Gasteiger partial charge in [0, 0.05) is 0 Å². The van der Waals surface area contributed by atoms with E-state index < -0.39 is 30.2 Å². The summed E-state index contributed by atoms with van der Waals surface area (Å²) in [6.45, 7) is 3.57. The molecule has 4 heteroatoms. The Labute approximate surface area is 136 Å². The highest BCUT2D eigenvalue weighted by Gasteiger charge is 2.48. The number of aliphatic hydroxyl groups is 2. The van der Waals surface area contributed by atoms with Crippen LogP contribution in [-0.2, 0) is 9.47 Å². The number of aliphatic hydroxyl groups excluding tert-OH is 2. The van der Waals surface area contributed by atoms with Gasteiger partial charge in [-0.3, -0.25) is 0 Å². The Morgan fingerprint density at radius 1 is 0.739 bits per heavy atom. The van der Waals surface area contributed by atoms with E-state index in [1.165, 1.54) is 0 Å². The van der Waals surface area contributed by atoms with Crippen molar-refractivity contribution in [1.82, 2.24) is 0 Å². The van der Waals surface area contributed by atoms with Gasteiger partial charge < -0.3 is 19.7 Å². The summed E-state index contributed by atoms with van der Waals surface area (Å²) in [5.74, 6) is -0.860. The first-order chi connectivity index (χ1) is 11.0. The minimum absolute atomic E-state index is 0.650. The molecule has 3 rings (SSSR count). The first-order valence-corrected chi connectivity index (χ1v) is 7.79. The van der Waals surface area contributed by atoms with Crippen LogP contribution in [0.1, 0.15) is 37.2 Å². The summed E-state index contributed by atoms with van der Waals surface area (Å²) in [6.07, 6.45) is -3.05. The van der Waals surface area contributed by atoms with Crippen molar-refractivity contribution < 1.29 is 19.7 Å². The van der Waals surface area contributed by atoms with E-state index in [4.69, 9.17) is 9.47 Å². The Bertz CT molecular complexity index is 571. The zero-order valence-corrected chi connectivity index (χ0v) is 13.3. The van der Waals surface area contributed by atoms with Crippen molar-refractivity contribution in [2.45, 2.75) is 44.1 Å². The summed E-state index contributed by atoms with van der Waals surface area (Å²) in [5.41, 5.74) is 1.48. The predicted molar refractivity (Wildman–Crippen MR) is 86.6 cm³/mol. The van der Waals surface area contributed by atoms with Crippen molar-refractivity contribution in [3.8, 4) is 0 Å². The maximum atomic E-state index is 10.7. The third-order valence-corrected chi connectivity index (χ3v) is 4.07. The molecule has 23 heavy (non-hydrogen) atoms. The van der Waals surface area contributed by atoms with E-state index in [-0.39, 0.29) is 0 Å². The van der Waals surface area contributed by atoms with Gasteiger partial charge in [-0.15, -0.1) is 0 Å². The average Bonchev–Trinajstić information content (AvgIpc) is 2.91. The van der Waals surface area contributed by atoms with E-state index in [1.54, 1.807) is 13.8 Å². The molecule has 4 nitrogen and oxygen atoms in total. The second kappa shape index (κ2) is 6.42. The van der Waals surface area contributed by atoms with Crippen molar-refractivity contribution in [3.63, 3.8) is 0 Å². The van der Waals surface area contributed by atoms with Crippen LogP contribution in [0.2, 0.25) is 0 Å². The molecule has 0 aromatic heterocycles. The Morgan fingerprint density at radius 2 is 1.09 bits per heavy atom. The molecule has 1 aliphatic rings. The largest absolute Gasteiger partial charge is 0.386 e. The minimum Gasteiger partial charge on any atom is -0.386 e. The Morgan fingerprint density at radius 3 is 1.43 bits per heavy atom. The monoisotopic (exact) mass is 314 g/mol. The second-order valence-electron chi connectivity index (χ2n) is 6.28. The van der Waals surface area contributed by atoms with Crippen molar-refractivity contribution in [1.29, 1.82) is 0 Å². The summed E-state index contributed by atoms with van der Waals surface area (Å²) in [5, 5.41) is 21.4. The van der Waals surface area contributed by atoms with E-state index in [9.17, 15) is 10.2 Å². The van der Waals surface area contributed by atoms with Gasteiger partial charge in [0.1, 0.15) is 24.4 Å². The Balaban J connectivity index is 1.88. The molecule has 2 N–H and O–H groups in total. The third kappa shape index (κ3) is 3.46. The lowest BCUT2D eigenvalue weighted by atomic mass is 9.94. The molecule has 0 spiro atoms. The van der Waals surface area contributed by atoms with E-state index in [0.717, 1.165) is 11.1 Å². The van der Waals surface area contributed by atoms with Gasteiger partial charge in [0.15, 0.2) is 5.79 Å². The highest BCUT2D eigenvalue weighted by Crippen LogP contribution is 2.40. The van der Waals surface area contributed by atoms with Gasteiger partial charge in [0.25, 0.3) is 0 Å². The first kappa shape index (κ1) is 16.1. The van der Waals surface area contributed by atoms with Crippen molar-refractivity contribution >= 4 is 0 Å². The second-order valence-corrected chi connectivity index (χ2v) is 6.28. The third-order valence-electron chi connectivity index (χ3n) is 4.07. The lowest BCUT2D eigenvalue weighted by Gasteiger charge is -2.26. The molecule has 0 saturated carbocycles. The van der Waals surface area contributed by atoms with Gasteiger partial charge in [-0.25, -0.2) is 0 Å². The van der Waals surface area contributed by atoms with E-state index in [2.05, 4.69) is 0 Å². The molecule has 1 unspecified atom stereocenters. The molecule has 0 bridgehead atoms. The van der Waals surface area contributed by atoms with Crippen LogP contribution in [0.4, 0.5) is 0 Å². The summed E-state index contributed by atoms with van der Waals surface area (Å²) in [7, 11) is 0. The van der Waals surface area contributed by atoms with Crippen LogP contribution in [0.3, 0.4) is 0 Å². The number of hydrogen-bond acceptors (Lipinski definition) is 4. The number of rotatable bonds is 4. The van der Waals surface area contributed by atoms with E-state index in [1.807, 2.05) is 60.7 Å². The summed E-state index contributed by atoms with van der Waals surface area (Å²) in [4.78, 5) is 0. The molecule has 0 amide bonds. The van der Waals surface area contributed by atoms with Crippen molar-refractivity contribution in [2.24, 2.45) is 0 Å². The maximum Gasteiger partial charge on any atom is 0.164 e. The predicted octanol–water partition coefficient (Wildman–Crippen LogP) is 2.97. The maximum absolute atomic E-state index is 10.7. The smallest absolute Gasteiger partial charge is 0.164 e. The standard InChI is InChI=1S/C19H22O4/c1-19(2)22-17(15(20)13-9-5-3-6-10-13)18(23-19)16(21)14-11-7-4-8-12-14/h3-12,15-18,20-21H,1-2H3/t15-,16-,17+,18?/m1/s1. The molecule has 1 heterocycles. The van der Waals surface area contributed by atoms with Crippen LogP contribution in [-0.4, -0.2) is 28.2 Å². The van der Waals surface area contributed by atoms with Gasteiger partial charge in [0.2, 0.25) is 0 Å². The fourth-order valence-corrected chi connectivity index (χ4v) is 2.99. The van der Waals surface area contributed by atoms with Crippen LogP contribution in [0, 0.1) is 0 Å².